The van der Waals surface area contributed by atoms with E-state index in [9.17, 15) is 28.2 Å². The predicted octanol–water partition coefficient (Wildman–Crippen LogP) is 1.16. The number of carboxylic acids is 1. The molecule has 3 atom stereocenters. The van der Waals surface area contributed by atoms with E-state index < -0.39 is 44.4 Å². The van der Waals surface area contributed by atoms with Gasteiger partial charge in [0.1, 0.15) is 0 Å². The van der Waals surface area contributed by atoms with E-state index in [4.69, 9.17) is 0 Å². The number of hydrogen-bond donors (Lipinski definition) is 3. The summed E-state index contributed by atoms with van der Waals surface area (Å²) in [5.41, 5.74) is -2.81. The number of fused-ring (bicyclic) bond motifs is 1. The maximum Gasteiger partial charge on any atom is 0.334 e. The SMILES string of the molecule is Cc1ccc(S(=O)(=O)N[C@@]2(C)C=C(C(=O)O)[C@]3(O)C(=O)CC[C@@H]3C2)cc1. The second-order valence-corrected chi connectivity index (χ2v) is 9.01. The fourth-order valence-electron chi connectivity index (χ4n) is 3.93. The number of carboxylic acid groups (broad SMARTS) is 1. The zero-order chi connectivity index (χ0) is 19.3. The largest absolute Gasteiger partial charge is 0.478 e. The number of nitrogens with one attached hydrogen (secondary N) is 1. The predicted molar refractivity (Wildman–Crippen MR) is 92.9 cm³/mol. The number of carbonyl (C=O) groups excluding carboxylic acids is 1. The summed E-state index contributed by atoms with van der Waals surface area (Å²) in [6.45, 7) is 3.40. The maximum atomic E-state index is 12.7. The van der Waals surface area contributed by atoms with Crippen molar-refractivity contribution in [2.24, 2.45) is 5.92 Å². The first-order valence-corrected chi connectivity index (χ1v) is 9.79. The van der Waals surface area contributed by atoms with Crippen LogP contribution < -0.4 is 4.72 Å². The van der Waals surface area contributed by atoms with Gasteiger partial charge in [0.2, 0.25) is 10.0 Å². The van der Waals surface area contributed by atoms with Gasteiger partial charge in [-0.3, -0.25) is 4.79 Å². The van der Waals surface area contributed by atoms with Crippen molar-refractivity contribution in [2.75, 3.05) is 0 Å². The van der Waals surface area contributed by atoms with Gasteiger partial charge in [-0.05, 0) is 44.9 Å². The Hall–Kier alpha value is -2.03. The Morgan fingerprint density at radius 3 is 2.46 bits per heavy atom. The molecule has 1 saturated carbocycles. The van der Waals surface area contributed by atoms with Crippen molar-refractivity contribution in [1.82, 2.24) is 4.72 Å². The Morgan fingerprint density at radius 1 is 1.27 bits per heavy atom. The number of aryl methyl sites for hydroxylation is 1. The van der Waals surface area contributed by atoms with E-state index in [0.717, 1.165) is 5.56 Å². The first-order chi connectivity index (χ1) is 12.0. The summed E-state index contributed by atoms with van der Waals surface area (Å²) in [5.74, 6) is -2.59. The van der Waals surface area contributed by atoms with Gasteiger partial charge >= 0.3 is 5.97 Å². The second kappa shape index (κ2) is 6.00. The molecule has 0 amide bonds. The third-order valence-electron chi connectivity index (χ3n) is 5.21. The molecule has 3 N–H and O–H groups in total. The maximum absolute atomic E-state index is 12.7. The highest BCUT2D eigenvalue weighted by atomic mass is 32.2. The van der Waals surface area contributed by atoms with Crippen LogP contribution >= 0.6 is 0 Å². The third kappa shape index (κ3) is 2.98. The van der Waals surface area contributed by atoms with Crippen molar-refractivity contribution in [3.63, 3.8) is 0 Å². The lowest BCUT2D eigenvalue weighted by molar-refractivity contribution is -0.143. The Kier molecular flexibility index (Phi) is 4.33. The lowest BCUT2D eigenvalue weighted by atomic mass is 9.70. The molecular formula is C18H21NO6S. The number of Topliss-reactive ketones (excluding diaryl/α,β-unsaturated/α-hetero) is 1. The smallest absolute Gasteiger partial charge is 0.334 e. The number of benzene rings is 1. The van der Waals surface area contributed by atoms with Crippen LogP contribution in [0.25, 0.3) is 0 Å². The lowest BCUT2D eigenvalue weighted by Gasteiger charge is -2.41. The summed E-state index contributed by atoms with van der Waals surface area (Å²) in [6.07, 6.45) is 1.70. The normalized spacial score (nSPS) is 31.4. The van der Waals surface area contributed by atoms with Crippen LogP contribution in [-0.4, -0.2) is 41.5 Å². The van der Waals surface area contributed by atoms with E-state index in [1.54, 1.807) is 19.1 Å². The van der Waals surface area contributed by atoms with Gasteiger partial charge in [-0.2, -0.15) is 0 Å². The average molecular weight is 379 g/mol. The second-order valence-electron chi connectivity index (χ2n) is 7.33. The third-order valence-corrected chi connectivity index (χ3v) is 6.84. The van der Waals surface area contributed by atoms with E-state index >= 15 is 0 Å². The van der Waals surface area contributed by atoms with Crippen molar-refractivity contribution >= 4 is 21.8 Å². The molecule has 7 nitrogen and oxygen atoms in total. The highest BCUT2D eigenvalue weighted by Gasteiger charge is 2.58. The minimum atomic E-state index is -3.90. The monoisotopic (exact) mass is 379 g/mol. The summed E-state index contributed by atoms with van der Waals surface area (Å²) >= 11 is 0. The summed E-state index contributed by atoms with van der Waals surface area (Å²) in [5, 5.41) is 20.2. The number of hydrogen-bond acceptors (Lipinski definition) is 5. The van der Waals surface area contributed by atoms with Crippen molar-refractivity contribution in [3.05, 3.63) is 41.5 Å². The van der Waals surface area contributed by atoms with Gasteiger partial charge in [-0.15, -0.1) is 0 Å². The number of ketones is 1. The van der Waals surface area contributed by atoms with Crippen LogP contribution in [0.2, 0.25) is 0 Å². The zero-order valence-corrected chi connectivity index (χ0v) is 15.3. The van der Waals surface area contributed by atoms with Crippen molar-refractivity contribution in [1.29, 1.82) is 0 Å². The van der Waals surface area contributed by atoms with Crippen molar-refractivity contribution < 1.29 is 28.2 Å². The zero-order valence-electron chi connectivity index (χ0n) is 14.5. The first-order valence-electron chi connectivity index (χ1n) is 8.31. The van der Waals surface area contributed by atoms with Crippen LogP contribution in [0.3, 0.4) is 0 Å². The molecule has 0 saturated heterocycles. The van der Waals surface area contributed by atoms with Crippen molar-refractivity contribution in [3.8, 4) is 0 Å². The van der Waals surface area contributed by atoms with Gasteiger partial charge in [0.15, 0.2) is 11.4 Å². The fourth-order valence-corrected chi connectivity index (χ4v) is 5.30. The lowest BCUT2D eigenvalue weighted by Crippen LogP contribution is -2.56. The standard InChI is InChI=1S/C18H21NO6S/c1-11-3-6-13(7-4-11)26(24,25)19-17(2)9-12-5-8-15(20)18(12,23)14(10-17)16(21)22/h3-4,6-7,10,12,19,23H,5,8-9H2,1-2H3,(H,21,22)/t12-,17-,18+/m1/s1. The topological polar surface area (TPSA) is 121 Å². The summed E-state index contributed by atoms with van der Waals surface area (Å²) in [6, 6.07) is 6.29. The van der Waals surface area contributed by atoms with Crippen LogP contribution in [0.4, 0.5) is 0 Å². The molecule has 26 heavy (non-hydrogen) atoms. The van der Waals surface area contributed by atoms with Gasteiger partial charge in [0.25, 0.3) is 0 Å². The van der Waals surface area contributed by atoms with Gasteiger partial charge in [-0.1, -0.05) is 17.7 Å². The Morgan fingerprint density at radius 2 is 1.88 bits per heavy atom. The molecule has 0 bridgehead atoms. The Balaban J connectivity index is 2.01. The molecule has 0 aromatic heterocycles. The van der Waals surface area contributed by atoms with E-state index in [1.807, 2.05) is 6.92 Å². The minimum absolute atomic E-state index is 0.0675. The van der Waals surface area contributed by atoms with E-state index in [-0.39, 0.29) is 17.7 Å². The molecule has 1 aromatic rings. The number of rotatable bonds is 4. The highest BCUT2D eigenvalue weighted by Crippen LogP contribution is 2.47. The molecule has 0 heterocycles. The molecule has 2 aliphatic carbocycles. The van der Waals surface area contributed by atoms with Crippen LogP contribution in [0.1, 0.15) is 31.7 Å². The Bertz CT molecular complexity index is 904. The molecule has 1 aromatic carbocycles. The van der Waals surface area contributed by atoms with E-state index in [0.29, 0.717) is 6.42 Å². The van der Waals surface area contributed by atoms with Gasteiger partial charge in [0, 0.05) is 17.9 Å². The molecule has 3 rings (SSSR count). The van der Waals surface area contributed by atoms with E-state index in [2.05, 4.69) is 4.72 Å². The minimum Gasteiger partial charge on any atom is -0.478 e. The van der Waals surface area contributed by atoms with Gasteiger partial charge in [0.05, 0.1) is 10.5 Å². The summed E-state index contributed by atoms with van der Waals surface area (Å²) in [7, 11) is -3.90. The van der Waals surface area contributed by atoms with Crippen LogP contribution in [0.5, 0.6) is 0 Å². The summed E-state index contributed by atoms with van der Waals surface area (Å²) < 4.78 is 28.0. The molecular weight excluding hydrogens is 358 g/mol. The molecule has 2 aliphatic rings. The van der Waals surface area contributed by atoms with Crippen LogP contribution in [0, 0.1) is 12.8 Å². The number of sulfonamides is 1. The molecule has 0 unspecified atom stereocenters. The van der Waals surface area contributed by atoms with Gasteiger partial charge in [-0.25, -0.2) is 17.9 Å². The van der Waals surface area contributed by atoms with Crippen LogP contribution in [-0.2, 0) is 19.6 Å². The molecule has 1 fully saturated rings. The fraction of sp³-hybridized carbons (Fsp3) is 0.444. The molecule has 0 radical (unpaired) electrons. The van der Waals surface area contributed by atoms with Gasteiger partial charge < -0.3 is 10.2 Å². The summed E-state index contributed by atoms with van der Waals surface area (Å²) in [4.78, 5) is 23.8. The van der Waals surface area contributed by atoms with E-state index in [1.165, 1.54) is 18.2 Å². The molecule has 140 valence electrons. The number of aliphatic hydroxyl groups is 1. The molecule has 0 spiro atoms. The number of aliphatic carboxylic acids is 1. The molecule has 0 aliphatic heterocycles. The number of carbonyl (C=O) groups is 2. The molecule has 8 heteroatoms. The highest BCUT2D eigenvalue weighted by molar-refractivity contribution is 7.89. The first kappa shape index (κ1) is 18.8. The average Bonchev–Trinajstić information content (AvgIpc) is 2.82. The van der Waals surface area contributed by atoms with Crippen molar-refractivity contribution in [2.45, 2.75) is 49.1 Å². The van der Waals surface area contributed by atoms with Crippen LogP contribution in [0.15, 0.2) is 40.8 Å². The Labute approximate surface area is 151 Å². The quantitative estimate of drug-likeness (QED) is 0.722.